The molecule has 1 amide bonds. The molecule has 2 N–H and O–H groups in total. The maximum Gasteiger partial charge on any atom is 0.261 e. The molecule has 0 unspecified atom stereocenters. The molecule has 0 atom stereocenters. The molecule has 4 rings (SSSR count). The number of hydrogen-bond donors (Lipinski definition) is 2. The van der Waals surface area contributed by atoms with Gasteiger partial charge < -0.3 is 5.32 Å². The number of aromatic nitrogens is 3. The Morgan fingerprint density at radius 3 is 2.39 bits per heavy atom. The highest BCUT2D eigenvalue weighted by Crippen LogP contribution is 2.22. The van der Waals surface area contributed by atoms with E-state index in [9.17, 15) is 17.6 Å². The molecule has 0 aliphatic heterocycles. The molecule has 4 aromatic rings. The molecular weight excluding hydrogens is 469 g/mol. The Bertz CT molecular complexity index is 1380. The lowest BCUT2D eigenvalue weighted by Crippen LogP contribution is -2.22. The van der Waals surface area contributed by atoms with E-state index in [1.165, 1.54) is 30.6 Å². The van der Waals surface area contributed by atoms with Gasteiger partial charge in [0.15, 0.2) is 0 Å². The number of benzene rings is 3. The zero-order valence-electron chi connectivity index (χ0n) is 16.9. The van der Waals surface area contributed by atoms with Gasteiger partial charge in [0, 0.05) is 17.8 Å². The third kappa shape index (κ3) is 5.36. The van der Waals surface area contributed by atoms with Crippen molar-refractivity contribution in [1.82, 2.24) is 20.1 Å². The van der Waals surface area contributed by atoms with Gasteiger partial charge >= 0.3 is 0 Å². The zero-order chi connectivity index (χ0) is 23.4. The van der Waals surface area contributed by atoms with Gasteiger partial charge in [0.2, 0.25) is 0 Å². The van der Waals surface area contributed by atoms with Crippen LogP contribution in [0, 0.1) is 5.82 Å². The molecule has 0 fully saturated rings. The highest BCUT2D eigenvalue weighted by atomic mass is 35.5. The number of hydrogen-bond acceptors (Lipinski definition) is 5. The van der Waals surface area contributed by atoms with E-state index in [-0.39, 0.29) is 21.5 Å². The molecule has 0 spiro atoms. The van der Waals surface area contributed by atoms with Gasteiger partial charge in [-0.3, -0.25) is 9.52 Å². The summed E-state index contributed by atoms with van der Waals surface area (Å²) in [4.78, 5) is 16.2. The van der Waals surface area contributed by atoms with Crippen LogP contribution in [0.15, 0.2) is 84.3 Å². The van der Waals surface area contributed by atoms with Crippen LogP contribution in [0.5, 0.6) is 0 Å². The fourth-order valence-corrected chi connectivity index (χ4v) is 4.27. The molecule has 1 heterocycles. The van der Waals surface area contributed by atoms with Crippen LogP contribution in [-0.2, 0) is 16.6 Å². The van der Waals surface area contributed by atoms with Gasteiger partial charge in [-0.25, -0.2) is 22.5 Å². The van der Waals surface area contributed by atoms with Crippen molar-refractivity contribution in [3.05, 3.63) is 101 Å². The van der Waals surface area contributed by atoms with Crippen LogP contribution < -0.4 is 10.0 Å². The molecule has 0 saturated heterocycles. The SMILES string of the molecule is O=C(NCc1ccc(-n2cncn2)cc1)c1ccc(NS(=O)(=O)c2ccc(F)c(Cl)c2)cc1. The zero-order valence-corrected chi connectivity index (χ0v) is 18.5. The fourth-order valence-electron chi connectivity index (χ4n) is 2.94. The first-order valence-electron chi connectivity index (χ1n) is 9.62. The van der Waals surface area contributed by atoms with E-state index in [0.29, 0.717) is 12.1 Å². The Hall–Kier alpha value is -3.76. The number of carbonyl (C=O) groups excluding carboxylic acids is 1. The average Bonchev–Trinajstić information content (AvgIpc) is 3.35. The molecule has 0 bridgehead atoms. The Morgan fingerprint density at radius 2 is 1.76 bits per heavy atom. The average molecular weight is 486 g/mol. The van der Waals surface area contributed by atoms with E-state index in [1.807, 2.05) is 24.3 Å². The van der Waals surface area contributed by atoms with Crippen LogP contribution in [0.3, 0.4) is 0 Å². The second-order valence-corrected chi connectivity index (χ2v) is 9.04. The smallest absolute Gasteiger partial charge is 0.261 e. The van der Waals surface area contributed by atoms with Crippen molar-refractivity contribution in [2.75, 3.05) is 4.72 Å². The number of nitrogens with one attached hydrogen (secondary N) is 2. The molecule has 0 radical (unpaired) electrons. The van der Waals surface area contributed by atoms with Crippen LogP contribution in [0.4, 0.5) is 10.1 Å². The minimum absolute atomic E-state index is 0.175. The first-order chi connectivity index (χ1) is 15.8. The van der Waals surface area contributed by atoms with Crippen molar-refractivity contribution >= 4 is 33.2 Å². The minimum Gasteiger partial charge on any atom is -0.348 e. The van der Waals surface area contributed by atoms with Crippen LogP contribution in [0.2, 0.25) is 5.02 Å². The van der Waals surface area contributed by atoms with Crippen molar-refractivity contribution < 1.29 is 17.6 Å². The van der Waals surface area contributed by atoms with Gasteiger partial charge in [-0.15, -0.1) is 0 Å². The van der Waals surface area contributed by atoms with Crippen molar-refractivity contribution in [3.8, 4) is 5.69 Å². The molecule has 8 nitrogen and oxygen atoms in total. The van der Waals surface area contributed by atoms with Gasteiger partial charge in [-0.1, -0.05) is 23.7 Å². The van der Waals surface area contributed by atoms with E-state index in [1.54, 1.807) is 11.0 Å². The number of anilines is 1. The van der Waals surface area contributed by atoms with E-state index in [2.05, 4.69) is 20.1 Å². The molecule has 0 aliphatic rings. The Morgan fingerprint density at radius 1 is 1.03 bits per heavy atom. The maximum absolute atomic E-state index is 13.3. The fraction of sp³-hybridized carbons (Fsp3) is 0.0455. The van der Waals surface area contributed by atoms with Crippen LogP contribution >= 0.6 is 11.6 Å². The summed E-state index contributed by atoms with van der Waals surface area (Å²) in [5.74, 6) is -1.02. The van der Waals surface area contributed by atoms with Gasteiger partial charge in [0.05, 0.1) is 15.6 Å². The molecule has 0 saturated carbocycles. The minimum atomic E-state index is -3.96. The summed E-state index contributed by atoms with van der Waals surface area (Å²) in [6, 6.07) is 16.5. The van der Waals surface area contributed by atoms with Gasteiger partial charge in [-0.2, -0.15) is 5.10 Å². The monoisotopic (exact) mass is 485 g/mol. The van der Waals surface area contributed by atoms with E-state index >= 15 is 0 Å². The summed E-state index contributed by atoms with van der Waals surface area (Å²) >= 11 is 5.67. The highest BCUT2D eigenvalue weighted by Gasteiger charge is 2.16. The third-order valence-corrected chi connectivity index (χ3v) is 6.34. The van der Waals surface area contributed by atoms with E-state index in [4.69, 9.17) is 11.6 Å². The quantitative estimate of drug-likeness (QED) is 0.414. The molecule has 11 heteroatoms. The Labute approximate surface area is 194 Å². The van der Waals surface area contributed by atoms with E-state index in [0.717, 1.165) is 29.4 Å². The van der Waals surface area contributed by atoms with Gasteiger partial charge in [0.1, 0.15) is 18.5 Å². The molecule has 33 heavy (non-hydrogen) atoms. The maximum atomic E-state index is 13.3. The highest BCUT2D eigenvalue weighted by molar-refractivity contribution is 7.92. The molecular formula is C22H17ClFN5O3S. The summed E-state index contributed by atoms with van der Waals surface area (Å²) < 4.78 is 42.2. The number of amides is 1. The third-order valence-electron chi connectivity index (χ3n) is 4.67. The Balaban J connectivity index is 1.36. The normalized spacial score (nSPS) is 11.2. The number of sulfonamides is 1. The predicted molar refractivity (Wildman–Crippen MR) is 121 cm³/mol. The van der Waals surface area contributed by atoms with Crippen molar-refractivity contribution in [3.63, 3.8) is 0 Å². The lowest BCUT2D eigenvalue weighted by Gasteiger charge is -2.10. The number of carbonyl (C=O) groups is 1. The lowest BCUT2D eigenvalue weighted by molar-refractivity contribution is 0.0951. The number of rotatable bonds is 7. The second kappa shape index (κ2) is 9.39. The topological polar surface area (TPSA) is 106 Å². The second-order valence-electron chi connectivity index (χ2n) is 6.95. The van der Waals surface area contributed by atoms with Crippen molar-refractivity contribution in [2.24, 2.45) is 0 Å². The van der Waals surface area contributed by atoms with Crippen LogP contribution in [-0.4, -0.2) is 29.1 Å². The van der Waals surface area contributed by atoms with Gasteiger partial charge in [0.25, 0.3) is 15.9 Å². The lowest BCUT2D eigenvalue weighted by atomic mass is 10.1. The van der Waals surface area contributed by atoms with Crippen LogP contribution in [0.1, 0.15) is 15.9 Å². The van der Waals surface area contributed by atoms with Crippen LogP contribution in [0.25, 0.3) is 5.69 Å². The first-order valence-corrected chi connectivity index (χ1v) is 11.5. The standard InChI is InChI=1S/C22H17ClFN5O3S/c23-20-11-19(9-10-21(20)24)33(31,32)28-17-5-3-16(4-6-17)22(30)26-12-15-1-7-18(8-2-15)29-14-25-13-27-29/h1-11,13-14,28H,12H2,(H,26,30). The predicted octanol–water partition coefficient (Wildman–Crippen LogP) is 3.79. The first kappa shape index (κ1) is 22.4. The summed E-state index contributed by atoms with van der Waals surface area (Å²) in [6.07, 6.45) is 3.04. The van der Waals surface area contributed by atoms with Crippen molar-refractivity contribution in [1.29, 1.82) is 0 Å². The number of halogens is 2. The summed E-state index contributed by atoms with van der Waals surface area (Å²) in [5.41, 5.74) is 2.36. The molecule has 1 aromatic heterocycles. The Kier molecular flexibility index (Phi) is 6.38. The van der Waals surface area contributed by atoms with E-state index < -0.39 is 15.8 Å². The van der Waals surface area contributed by atoms with Gasteiger partial charge in [-0.05, 0) is 60.2 Å². The molecule has 168 valence electrons. The largest absolute Gasteiger partial charge is 0.348 e. The number of nitrogens with zero attached hydrogens (tertiary/aromatic N) is 3. The summed E-state index contributed by atoms with van der Waals surface area (Å²) in [6.45, 7) is 0.316. The van der Waals surface area contributed by atoms with Crippen molar-refractivity contribution in [2.45, 2.75) is 11.4 Å². The summed E-state index contributed by atoms with van der Waals surface area (Å²) in [5, 5.41) is 6.57. The molecule has 3 aromatic carbocycles. The summed E-state index contributed by atoms with van der Waals surface area (Å²) in [7, 11) is -3.96. The molecule has 0 aliphatic carbocycles.